The van der Waals surface area contributed by atoms with Crippen molar-refractivity contribution in [2.24, 2.45) is 0 Å². The third kappa shape index (κ3) is 5.12. The van der Waals surface area contributed by atoms with Gasteiger partial charge in [-0.05, 0) is 36.2 Å². The molecule has 3 N–H and O–H groups in total. The Morgan fingerprint density at radius 1 is 0.967 bits per heavy atom. The minimum Gasteiger partial charge on any atom is -0.480 e. The number of anilines is 2. The first kappa shape index (κ1) is 21.7. The molecular formula is C23H20Cl2N2O3. The largest absolute Gasteiger partial charge is 0.480 e. The highest BCUT2D eigenvalue weighted by atomic mass is 35.5. The van der Waals surface area contributed by atoms with Gasteiger partial charge < -0.3 is 15.7 Å². The number of amides is 1. The maximum Gasteiger partial charge on any atom is 0.326 e. The second-order valence-corrected chi connectivity index (χ2v) is 7.56. The number of rotatable bonds is 7. The van der Waals surface area contributed by atoms with E-state index in [1.54, 1.807) is 36.4 Å². The van der Waals surface area contributed by atoms with Gasteiger partial charge in [0.2, 0.25) is 0 Å². The van der Waals surface area contributed by atoms with Crippen LogP contribution in [0.25, 0.3) is 0 Å². The molecule has 0 spiro atoms. The number of para-hydroxylation sites is 1. The lowest BCUT2D eigenvalue weighted by Gasteiger charge is -2.18. The van der Waals surface area contributed by atoms with E-state index in [-0.39, 0.29) is 12.0 Å². The Morgan fingerprint density at radius 3 is 2.33 bits per heavy atom. The summed E-state index contributed by atoms with van der Waals surface area (Å²) in [6.07, 6.45) is 0.174. The molecule has 0 aliphatic carbocycles. The molecule has 1 atom stereocenters. The maximum absolute atomic E-state index is 12.9. The van der Waals surface area contributed by atoms with Gasteiger partial charge in [-0.3, -0.25) is 4.79 Å². The molecule has 0 saturated heterocycles. The normalized spacial score (nSPS) is 11.6. The van der Waals surface area contributed by atoms with Crippen LogP contribution in [0.2, 0.25) is 10.0 Å². The highest BCUT2D eigenvalue weighted by Crippen LogP contribution is 2.35. The number of aliphatic carboxylic acids is 1. The first-order valence-corrected chi connectivity index (χ1v) is 10.0. The second-order valence-electron chi connectivity index (χ2n) is 6.78. The summed E-state index contributed by atoms with van der Waals surface area (Å²) in [7, 11) is 0. The van der Waals surface area contributed by atoms with E-state index in [2.05, 4.69) is 10.6 Å². The second kappa shape index (κ2) is 9.65. The van der Waals surface area contributed by atoms with Gasteiger partial charge >= 0.3 is 5.97 Å². The van der Waals surface area contributed by atoms with E-state index >= 15 is 0 Å². The summed E-state index contributed by atoms with van der Waals surface area (Å²) in [4.78, 5) is 24.6. The summed E-state index contributed by atoms with van der Waals surface area (Å²) in [5.41, 5.74) is 2.88. The minimum atomic E-state index is -1.11. The average Bonchev–Trinajstić information content (AvgIpc) is 2.74. The molecule has 154 valence electrons. The zero-order valence-corrected chi connectivity index (χ0v) is 17.7. The van der Waals surface area contributed by atoms with Crippen LogP contribution in [0.4, 0.5) is 11.4 Å². The summed E-state index contributed by atoms with van der Waals surface area (Å²) >= 11 is 12.6. The molecule has 3 aromatic rings. The smallest absolute Gasteiger partial charge is 0.326 e. The molecular weight excluding hydrogens is 423 g/mol. The Hall–Kier alpha value is -3.02. The van der Waals surface area contributed by atoms with Gasteiger partial charge in [0.1, 0.15) is 6.04 Å². The zero-order chi connectivity index (χ0) is 21.7. The van der Waals surface area contributed by atoms with Crippen molar-refractivity contribution in [3.05, 3.63) is 93.5 Å². The Labute approximate surface area is 184 Å². The monoisotopic (exact) mass is 442 g/mol. The van der Waals surface area contributed by atoms with Gasteiger partial charge in [0.05, 0.1) is 27.0 Å². The first-order chi connectivity index (χ1) is 14.4. The zero-order valence-electron chi connectivity index (χ0n) is 16.2. The van der Waals surface area contributed by atoms with Crippen LogP contribution in [0.5, 0.6) is 0 Å². The molecule has 0 aliphatic rings. The fourth-order valence-electron chi connectivity index (χ4n) is 2.98. The van der Waals surface area contributed by atoms with Crippen LogP contribution < -0.4 is 10.6 Å². The number of benzene rings is 3. The Bertz CT molecular complexity index is 1070. The highest BCUT2D eigenvalue weighted by molar-refractivity contribution is 6.39. The van der Waals surface area contributed by atoms with Gasteiger partial charge in [-0.1, -0.05) is 71.7 Å². The molecule has 0 aromatic heterocycles. The van der Waals surface area contributed by atoms with Crippen LogP contribution in [0, 0.1) is 6.92 Å². The van der Waals surface area contributed by atoms with Gasteiger partial charge in [-0.25, -0.2) is 4.79 Å². The number of carbonyl (C=O) groups is 2. The lowest BCUT2D eigenvalue weighted by Crippen LogP contribution is -2.42. The molecule has 0 aliphatic heterocycles. The highest BCUT2D eigenvalue weighted by Gasteiger charge is 2.23. The summed E-state index contributed by atoms with van der Waals surface area (Å²) in [5, 5.41) is 16.1. The predicted octanol–water partition coefficient (Wildman–Crippen LogP) is 5.47. The van der Waals surface area contributed by atoms with Gasteiger partial charge in [0, 0.05) is 6.42 Å². The van der Waals surface area contributed by atoms with Crippen LogP contribution in [-0.2, 0) is 11.2 Å². The SMILES string of the molecule is Cc1ccc(Cl)c(Nc2ccccc2C(=O)N[C@@H](Cc2ccccc2)C(=O)O)c1Cl. The quantitative estimate of drug-likeness (QED) is 0.453. The molecule has 0 heterocycles. The van der Waals surface area contributed by atoms with E-state index in [0.29, 0.717) is 21.4 Å². The van der Waals surface area contributed by atoms with Gasteiger partial charge in [0.15, 0.2) is 0 Å². The van der Waals surface area contributed by atoms with Crippen LogP contribution in [0.15, 0.2) is 66.7 Å². The summed E-state index contributed by atoms with van der Waals surface area (Å²) in [6.45, 7) is 1.85. The molecule has 3 aromatic carbocycles. The van der Waals surface area contributed by atoms with Crippen molar-refractivity contribution < 1.29 is 14.7 Å². The molecule has 0 saturated carbocycles. The van der Waals surface area contributed by atoms with Crippen molar-refractivity contribution in [3.63, 3.8) is 0 Å². The van der Waals surface area contributed by atoms with Crippen molar-refractivity contribution in [2.75, 3.05) is 5.32 Å². The summed E-state index contributed by atoms with van der Waals surface area (Å²) < 4.78 is 0. The van der Waals surface area contributed by atoms with Crippen LogP contribution >= 0.6 is 23.2 Å². The number of aryl methyl sites for hydroxylation is 1. The fraction of sp³-hybridized carbons (Fsp3) is 0.130. The maximum atomic E-state index is 12.9. The van der Waals surface area contributed by atoms with Crippen LogP contribution in [-0.4, -0.2) is 23.0 Å². The Balaban J connectivity index is 1.85. The predicted molar refractivity (Wildman–Crippen MR) is 120 cm³/mol. The fourth-order valence-corrected chi connectivity index (χ4v) is 3.45. The summed E-state index contributed by atoms with van der Waals surface area (Å²) in [5.74, 6) is -1.62. The number of nitrogens with one attached hydrogen (secondary N) is 2. The van der Waals surface area contributed by atoms with Gasteiger partial charge in [0.25, 0.3) is 5.91 Å². The van der Waals surface area contributed by atoms with E-state index < -0.39 is 17.9 Å². The van der Waals surface area contributed by atoms with Crippen molar-refractivity contribution >= 4 is 46.5 Å². The molecule has 3 rings (SSSR count). The molecule has 1 amide bonds. The molecule has 0 unspecified atom stereocenters. The van der Waals surface area contributed by atoms with Crippen molar-refractivity contribution in [2.45, 2.75) is 19.4 Å². The molecule has 0 bridgehead atoms. The number of carboxylic acid groups (broad SMARTS) is 1. The molecule has 5 nitrogen and oxygen atoms in total. The van der Waals surface area contributed by atoms with E-state index in [1.165, 1.54) is 0 Å². The number of carboxylic acids is 1. The third-order valence-electron chi connectivity index (χ3n) is 4.60. The number of halogens is 2. The molecule has 0 radical (unpaired) electrons. The minimum absolute atomic E-state index is 0.174. The lowest BCUT2D eigenvalue weighted by atomic mass is 10.0. The van der Waals surface area contributed by atoms with Gasteiger partial charge in [-0.2, -0.15) is 0 Å². The Kier molecular flexibility index (Phi) is 6.98. The molecule has 7 heteroatoms. The lowest BCUT2D eigenvalue weighted by molar-refractivity contribution is -0.139. The number of hydrogen-bond acceptors (Lipinski definition) is 3. The third-order valence-corrected chi connectivity index (χ3v) is 5.40. The van der Waals surface area contributed by atoms with Crippen molar-refractivity contribution in [1.29, 1.82) is 0 Å². The van der Waals surface area contributed by atoms with Crippen molar-refractivity contribution in [3.8, 4) is 0 Å². The van der Waals surface area contributed by atoms with E-state index in [9.17, 15) is 14.7 Å². The van der Waals surface area contributed by atoms with Crippen LogP contribution in [0.1, 0.15) is 21.5 Å². The molecule has 0 fully saturated rings. The number of hydrogen-bond donors (Lipinski definition) is 3. The average molecular weight is 443 g/mol. The number of carbonyl (C=O) groups excluding carboxylic acids is 1. The van der Waals surface area contributed by atoms with Crippen LogP contribution in [0.3, 0.4) is 0 Å². The standard InChI is InChI=1S/C23H20Cl2N2O3/c1-14-11-12-17(24)21(20(14)25)26-18-10-6-5-9-16(18)22(28)27-19(23(29)30)13-15-7-3-2-4-8-15/h2-12,19,26H,13H2,1H3,(H,27,28)(H,29,30)/t19-/m0/s1. The molecule has 30 heavy (non-hydrogen) atoms. The van der Waals surface area contributed by atoms with E-state index in [4.69, 9.17) is 23.2 Å². The van der Waals surface area contributed by atoms with E-state index in [1.807, 2.05) is 37.3 Å². The van der Waals surface area contributed by atoms with E-state index in [0.717, 1.165) is 11.1 Å². The van der Waals surface area contributed by atoms with Crippen molar-refractivity contribution in [1.82, 2.24) is 5.32 Å². The Morgan fingerprint density at radius 2 is 1.63 bits per heavy atom. The summed E-state index contributed by atoms with van der Waals surface area (Å²) in [6, 6.07) is 18.4. The first-order valence-electron chi connectivity index (χ1n) is 9.25. The van der Waals surface area contributed by atoms with Gasteiger partial charge in [-0.15, -0.1) is 0 Å². The topological polar surface area (TPSA) is 78.4 Å².